The Morgan fingerprint density at radius 2 is 1.29 bits per heavy atom. The van der Waals surface area contributed by atoms with Crippen LogP contribution < -0.4 is 10.2 Å². The molecule has 17 heavy (non-hydrogen) atoms. The minimum absolute atomic E-state index is 0. The zero-order valence-corrected chi connectivity index (χ0v) is 10.6. The van der Waals surface area contributed by atoms with Gasteiger partial charge in [0.25, 0.3) is 0 Å². The quantitative estimate of drug-likeness (QED) is 0.535. The third-order valence-corrected chi connectivity index (χ3v) is 2.03. The summed E-state index contributed by atoms with van der Waals surface area (Å²) in [5, 5.41) is 30.7. The summed E-state index contributed by atoms with van der Waals surface area (Å²) in [6, 6.07) is 0. The van der Waals surface area contributed by atoms with E-state index in [1.165, 1.54) is 0 Å². The van der Waals surface area contributed by atoms with Crippen LogP contribution in [0.3, 0.4) is 0 Å². The monoisotopic (exact) mass is 282 g/mol. The van der Waals surface area contributed by atoms with Crippen molar-refractivity contribution in [3.63, 3.8) is 0 Å². The predicted octanol–water partition coefficient (Wildman–Crippen LogP) is -0.957. The van der Waals surface area contributed by atoms with Gasteiger partial charge in [0.05, 0.1) is 0 Å². The zero-order valence-electron chi connectivity index (χ0n) is 9.58. The van der Waals surface area contributed by atoms with Crippen molar-refractivity contribution in [2.75, 3.05) is 39.3 Å². The van der Waals surface area contributed by atoms with Gasteiger partial charge in [-0.3, -0.25) is 0 Å². The molecule has 0 fully saturated rings. The molecule has 1 aliphatic heterocycles. The van der Waals surface area contributed by atoms with E-state index in [0.29, 0.717) is 26.2 Å². The van der Waals surface area contributed by atoms with Crippen molar-refractivity contribution in [2.24, 2.45) is 9.98 Å². The van der Waals surface area contributed by atoms with Crippen molar-refractivity contribution in [1.29, 1.82) is 0 Å². The van der Waals surface area contributed by atoms with Crippen molar-refractivity contribution in [2.45, 2.75) is 12.8 Å². The molecular formula is C10H16N4NiO2-2. The molecule has 1 rings (SSSR count). The van der Waals surface area contributed by atoms with Crippen molar-refractivity contribution >= 4 is 11.8 Å². The van der Waals surface area contributed by atoms with Crippen LogP contribution in [0.1, 0.15) is 12.8 Å². The fourth-order valence-corrected chi connectivity index (χ4v) is 1.25. The molecule has 0 spiro atoms. The summed E-state index contributed by atoms with van der Waals surface area (Å²) in [6.45, 7) is 3.31. The van der Waals surface area contributed by atoms with E-state index < -0.39 is 11.8 Å². The van der Waals surface area contributed by atoms with Gasteiger partial charge in [-0.2, -0.15) is 13.1 Å². The van der Waals surface area contributed by atoms with Gasteiger partial charge >= 0.3 is 16.5 Å². The number of rotatable bonds is 0. The Balaban J connectivity index is 0.00000256. The summed E-state index contributed by atoms with van der Waals surface area (Å²) in [5.41, 5.74) is 0. The van der Waals surface area contributed by atoms with Crippen LogP contribution in [-0.2, 0) is 16.5 Å². The van der Waals surface area contributed by atoms with E-state index in [4.69, 9.17) is 0 Å². The van der Waals surface area contributed by atoms with Crippen molar-refractivity contribution in [3.8, 4) is 0 Å². The van der Waals surface area contributed by atoms with Crippen LogP contribution in [0.2, 0.25) is 0 Å². The SMILES string of the molecule is [Ni+2].[O-]C1=NCC[N-]CCC[N-]CCN=C([O-])C1. The molecule has 0 radical (unpaired) electrons. The molecule has 0 aromatic rings. The number of aliphatic imine (C=N–C) groups is 2. The van der Waals surface area contributed by atoms with E-state index in [2.05, 4.69) is 20.6 Å². The minimum Gasteiger partial charge on any atom is -0.862 e. The van der Waals surface area contributed by atoms with Crippen LogP contribution in [0.25, 0.3) is 10.6 Å². The van der Waals surface area contributed by atoms with E-state index in [1.54, 1.807) is 0 Å². The average molecular weight is 283 g/mol. The first-order valence-electron chi connectivity index (χ1n) is 5.46. The Bertz CT molecular complexity index is 235. The third kappa shape index (κ3) is 9.09. The van der Waals surface area contributed by atoms with Gasteiger partial charge in [0, 0.05) is 19.5 Å². The van der Waals surface area contributed by atoms with Gasteiger partial charge in [-0.1, -0.05) is 6.42 Å². The van der Waals surface area contributed by atoms with Crippen molar-refractivity contribution in [3.05, 3.63) is 10.6 Å². The molecule has 0 aromatic heterocycles. The van der Waals surface area contributed by atoms with Crippen LogP contribution in [0.5, 0.6) is 0 Å². The summed E-state index contributed by atoms with van der Waals surface area (Å²) in [5.74, 6) is -0.809. The standard InChI is InChI=1S/C10H18N4O2.Ni/c15-9-8-10(16)14-7-5-12-3-1-2-11-4-6-13-9;/h1-8H2,(H,13,15)(H,14,16);/q-2;+2/p-2. The van der Waals surface area contributed by atoms with Crippen LogP contribution >= 0.6 is 0 Å². The molecular weight excluding hydrogens is 267 g/mol. The molecule has 0 aromatic carbocycles. The minimum atomic E-state index is -0.405. The number of nitrogens with zero attached hydrogens (tertiary/aromatic N) is 4. The Kier molecular flexibility index (Phi) is 10.1. The molecule has 0 saturated heterocycles. The van der Waals surface area contributed by atoms with Gasteiger partial charge in [-0.05, 0) is 11.8 Å². The normalized spacial score (nSPS) is 20.5. The first kappa shape index (κ1) is 16.4. The topological polar surface area (TPSA) is 99.0 Å². The van der Waals surface area contributed by atoms with Gasteiger partial charge in [0.15, 0.2) is 0 Å². The maximum atomic E-state index is 11.2. The van der Waals surface area contributed by atoms with Gasteiger partial charge < -0.3 is 30.8 Å². The fraction of sp³-hybridized carbons (Fsp3) is 0.800. The summed E-state index contributed by atoms with van der Waals surface area (Å²) in [6.07, 6.45) is 0.682. The molecule has 7 heteroatoms. The summed E-state index contributed by atoms with van der Waals surface area (Å²) < 4.78 is 0. The third-order valence-electron chi connectivity index (χ3n) is 2.03. The van der Waals surface area contributed by atoms with Gasteiger partial charge in [0.1, 0.15) is 0 Å². The van der Waals surface area contributed by atoms with Crippen LogP contribution in [0, 0.1) is 0 Å². The Morgan fingerprint density at radius 1 is 0.824 bits per heavy atom. The average Bonchev–Trinajstić information content (AvgIpc) is 2.25. The largest absolute Gasteiger partial charge is 2.00 e. The zero-order chi connectivity index (χ0) is 11.6. The van der Waals surface area contributed by atoms with Gasteiger partial charge in [0.2, 0.25) is 0 Å². The maximum Gasteiger partial charge on any atom is 2.00 e. The van der Waals surface area contributed by atoms with Gasteiger partial charge in [-0.15, -0.1) is 13.1 Å². The molecule has 0 amide bonds. The van der Waals surface area contributed by atoms with Crippen LogP contribution in [0.4, 0.5) is 0 Å². The molecule has 0 aliphatic carbocycles. The van der Waals surface area contributed by atoms with Crippen molar-refractivity contribution < 1.29 is 26.7 Å². The molecule has 0 N–H and O–H groups in total. The molecule has 1 aliphatic rings. The first-order valence-corrected chi connectivity index (χ1v) is 5.46. The molecule has 1 heterocycles. The van der Waals surface area contributed by atoms with E-state index in [1.807, 2.05) is 0 Å². The number of hydrogen-bond acceptors (Lipinski definition) is 4. The smallest absolute Gasteiger partial charge is 0.862 e. The second-order valence-electron chi connectivity index (χ2n) is 3.42. The predicted molar refractivity (Wildman–Crippen MR) is 60.0 cm³/mol. The molecule has 0 atom stereocenters. The van der Waals surface area contributed by atoms with Gasteiger partial charge in [-0.25, -0.2) is 0 Å². The summed E-state index contributed by atoms with van der Waals surface area (Å²) >= 11 is 0. The van der Waals surface area contributed by atoms with E-state index >= 15 is 0 Å². The Hall–Kier alpha value is -0.646. The molecule has 100 valence electrons. The molecule has 0 saturated carbocycles. The van der Waals surface area contributed by atoms with Crippen LogP contribution in [-0.4, -0.2) is 51.1 Å². The van der Waals surface area contributed by atoms with E-state index in [9.17, 15) is 10.2 Å². The van der Waals surface area contributed by atoms with E-state index in [0.717, 1.165) is 19.5 Å². The number of hydrogen-bond donors (Lipinski definition) is 0. The second-order valence-corrected chi connectivity index (χ2v) is 3.42. The maximum absolute atomic E-state index is 11.2. The van der Waals surface area contributed by atoms with E-state index in [-0.39, 0.29) is 22.9 Å². The first-order chi connectivity index (χ1) is 7.79. The van der Waals surface area contributed by atoms with Crippen LogP contribution in [0.15, 0.2) is 9.98 Å². The summed E-state index contributed by atoms with van der Waals surface area (Å²) in [7, 11) is 0. The molecule has 0 bridgehead atoms. The summed E-state index contributed by atoms with van der Waals surface area (Å²) in [4.78, 5) is 7.45. The Labute approximate surface area is 112 Å². The Morgan fingerprint density at radius 3 is 1.76 bits per heavy atom. The molecule has 0 unspecified atom stereocenters. The second kappa shape index (κ2) is 10.5. The molecule has 6 nitrogen and oxygen atoms in total. The van der Waals surface area contributed by atoms with Crippen molar-refractivity contribution in [1.82, 2.24) is 0 Å². The fourth-order valence-electron chi connectivity index (χ4n) is 1.25.